The molecule has 0 saturated carbocycles. The van der Waals surface area contributed by atoms with Crippen molar-refractivity contribution in [2.45, 2.75) is 27.7 Å². The summed E-state index contributed by atoms with van der Waals surface area (Å²) in [6.07, 6.45) is 3.29. The molecule has 0 rings (SSSR count). The van der Waals surface area contributed by atoms with Gasteiger partial charge in [0.1, 0.15) is 0 Å². The number of hydrogen-bond donors (Lipinski definition) is 0. The lowest BCUT2D eigenvalue weighted by Gasteiger charge is -1.79. The predicted octanol–water partition coefficient (Wildman–Crippen LogP) is 2.67. The molecule has 0 fully saturated rings. The average molecular weight is 140 g/mol. The molecule has 0 unspecified atom stereocenters. The van der Waals surface area contributed by atoms with Crippen molar-refractivity contribution in [1.29, 1.82) is 0 Å². The van der Waals surface area contributed by atoms with E-state index in [4.69, 9.17) is 0 Å². The number of rotatable bonds is 2. The van der Waals surface area contributed by atoms with Crippen LogP contribution in [0.1, 0.15) is 27.7 Å². The van der Waals surface area contributed by atoms with Gasteiger partial charge in [0.05, 0.1) is 5.71 Å². The molecular formula is C8H16N2. The summed E-state index contributed by atoms with van der Waals surface area (Å²) in [6, 6.07) is 0. The van der Waals surface area contributed by atoms with Gasteiger partial charge in [-0.2, -0.15) is 10.2 Å². The van der Waals surface area contributed by atoms with Crippen molar-refractivity contribution in [3.8, 4) is 0 Å². The van der Waals surface area contributed by atoms with Crippen molar-refractivity contribution in [2.75, 3.05) is 0 Å². The molecule has 0 N–H and O–H groups in total. The summed E-state index contributed by atoms with van der Waals surface area (Å²) in [5.41, 5.74) is 0.836. The summed E-state index contributed by atoms with van der Waals surface area (Å²) in [7, 11) is 0. The lowest BCUT2D eigenvalue weighted by atomic mass is 10.4. The van der Waals surface area contributed by atoms with E-state index >= 15 is 0 Å². The summed E-state index contributed by atoms with van der Waals surface area (Å²) in [5, 5.41) is 7.36. The maximum Gasteiger partial charge on any atom is 0.0593 e. The highest BCUT2D eigenvalue weighted by atomic mass is 15.2. The molecule has 0 saturated heterocycles. The monoisotopic (exact) mass is 140 g/mol. The third-order valence-electron chi connectivity index (χ3n) is 0.626. The Morgan fingerprint density at radius 1 is 1.40 bits per heavy atom. The van der Waals surface area contributed by atoms with Gasteiger partial charge in [0.2, 0.25) is 0 Å². The van der Waals surface area contributed by atoms with Crippen molar-refractivity contribution in [3.63, 3.8) is 0 Å². The largest absolute Gasteiger partial charge is 0.164 e. The van der Waals surface area contributed by atoms with Gasteiger partial charge in [0, 0.05) is 6.21 Å². The van der Waals surface area contributed by atoms with E-state index in [0.29, 0.717) is 0 Å². The van der Waals surface area contributed by atoms with Crippen LogP contribution in [0.25, 0.3) is 0 Å². The standard InChI is InChI=1S/C6H10N2.C2H6/c1-4-6(3)8-7-5-2;1-2/h4-5H,1H2,2-3H3;1-2H3/b7-5-,8-6-;. The first kappa shape index (κ1) is 11.8. The molecule has 2 nitrogen and oxygen atoms in total. The van der Waals surface area contributed by atoms with Crippen LogP contribution in [-0.4, -0.2) is 11.9 Å². The summed E-state index contributed by atoms with van der Waals surface area (Å²) in [5.74, 6) is 0. The van der Waals surface area contributed by atoms with Crippen LogP contribution < -0.4 is 0 Å². The molecule has 0 heterocycles. The van der Waals surface area contributed by atoms with E-state index in [0.717, 1.165) is 5.71 Å². The fourth-order valence-electron chi connectivity index (χ4n) is 0.190. The van der Waals surface area contributed by atoms with Crippen LogP contribution in [0, 0.1) is 0 Å². The van der Waals surface area contributed by atoms with Crippen molar-refractivity contribution in [2.24, 2.45) is 10.2 Å². The highest BCUT2D eigenvalue weighted by Gasteiger charge is 1.73. The van der Waals surface area contributed by atoms with Gasteiger partial charge in [-0.25, -0.2) is 0 Å². The first-order valence-electron chi connectivity index (χ1n) is 3.46. The lowest BCUT2D eigenvalue weighted by molar-refractivity contribution is 1.24. The SMILES string of the molecule is C=C/C(C)=N\N=C/C.CC. The van der Waals surface area contributed by atoms with E-state index < -0.39 is 0 Å². The first-order valence-corrected chi connectivity index (χ1v) is 3.46. The van der Waals surface area contributed by atoms with Crippen LogP contribution in [-0.2, 0) is 0 Å². The predicted molar refractivity (Wildman–Crippen MR) is 48.8 cm³/mol. The van der Waals surface area contributed by atoms with Crippen LogP contribution in [0.2, 0.25) is 0 Å². The number of hydrogen-bond acceptors (Lipinski definition) is 2. The summed E-state index contributed by atoms with van der Waals surface area (Å²) in [4.78, 5) is 0. The highest BCUT2D eigenvalue weighted by Crippen LogP contribution is 1.77. The van der Waals surface area contributed by atoms with Crippen LogP contribution in [0.4, 0.5) is 0 Å². The molecule has 0 aromatic rings. The Kier molecular flexibility index (Phi) is 13.0. The molecule has 0 aromatic carbocycles. The second-order valence-electron chi connectivity index (χ2n) is 1.32. The van der Waals surface area contributed by atoms with Crippen molar-refractivity contribution in [1.82, 2.24) is 0 Å². The molecular weight excluding hydrogens is 124 g/mol. The topological polar surface area (TPSA) is 24.7 Å². The molecule has 0 aliphatic carbocycles. The lowest BCUT2D eigenvalue weighted by Crippen LogP contribution is -1.78. The molecule has 0 bridgehead atoms. The Morgan fingerprint density at radius 2 is 1.90 bits per heavy atom. The van der Waals surface area contributed by atoms with E-state index in [1.807, 2.05) is 27.7 Å². The molecule has 10 heavy (non-hydrogen) atoms. The normalized spacial score (nSPS) is 10.6. The number of nitrogens with zero attached hydrogens (tertiary/aromatic N) is 2. The Bertz CT molecular complexity index is 123. The third kappa shape index (κ3) is 10.1. The summed E-state index contributed by atoms with van der Waals surface area (Å²) in [6.45, 7) is 11.2. The van der Waals surface area contributed by atoms with E-state index in [-0.39, 0.29) is 0 Å². The minimum Gasteiger partial charge on any atom is -0.164 e. The fraction of sp³-hybridized carbons (Fsp3) is 0.500. The first-order chi connectivity index (χ1) is 4.81. The maximum absolute atomic E-state index is 3.73. The van der Waals surface area contributed by atoms with Crippen LogP contribution >= 0.6 is 0 Å². The molecule has 0 aromatic heterocycles. The molecule has 0 spiro atoms. The Labute approximate surface area is 63.4 Å². The van der Waals surface area contributed by atoms with Gasteiger partial charge in [-0.15, -0.1) is 0 Å². The molecule has 0 aliphatic rings. The molecule has 0 aliphatic heterocycles. The number of allylic oxidation sites excluding steroid dienone is 1. The zero-order valence-corrected chi connectivity index (χ0v) is 7.26. The van der Waals surface area contributed by atoms with Gasteiger partial charge in [-0.05, 0) is 19.9 Å². The maximum atomic E-state index is 3.73. The second kappa shape index (κ2) is 11.0. The van der Waals surface area contributed by atoms with Gasteiger partial charge in [0.25, 0.3) is 0 Å². The smallest absolute Gasteiger partial charge is 0.0593 e. The van der Waals surface area contributed by atoms with Gasteiger partial charge in [0.15, 0.2) is 0 Å². The van der Waals surface area contributed by atoms with E-state index in [1.165, 1.54) is 0 Å². The van der Waals surface area contributed by atoms with Gasteiger partial charge >= 0.3 is 0 Å². The molecule has 2 heteroatoms. The molecule has 0 atom stereocenters. The van der Waals surface area contributed by atoms with E-state index in [9.17, 15) is 0 Å². The second-order valence-corrected chi connectivity index (χ2v) is 1.32. The van der Waals surface area contributed by atoms with Gasteiger partial charge in [-0.1, -0.05) is 20.4 Å². The van der Waals surface area contributed by atoms with Crippen molar-refractivity contribution in [3.05, 3.63) is 12.7 Å². The van der Waals surface area contributed by atoms with E-state index in [2.05, 4.69) is 16.8 Å². The minimum absolute atomic E-state index is 0.836. The fourth-order valence-corrected chi connectivity index (χ4v) is 0.190. The zero-order valence-electron chi connectivity index (χ0n) is 7.26. The Hall–Kier alpha value is -0.920. The quantitative estimate of drug-likeness (QED) is 0.416. The van der Waals surface area contributed by atoms with Crippen molar-refractivity contribution >= 4 is 11.9 Å². The van der Waals surface area contributed by atoms with Crippen LogP contribution in [0.15, 0.2) is 22.9 Å². The molecule has 0 amide bonds. The van der Waals surface area contributed by atoms with Crippen molar-refractivity contribution < 1.29 is 0 Å². The van der Waals surface area contributed by atoms with Crippen LogP contribution in [0.5, 0.6) is 0 Å². The van der Waals surface area contributed by atoms with Gasteiger partial charge < -0.3 is 0 Å². The summed E-state index contributed by atoms with van der Waals surface area (Å²) >= 11 is 0. The zero-order chi connectivity index (χ0) is 8.41. The van der Waals surface area contributed by atoms with Crippen LogP contribution in [0.3, 0.4) is 0 Å². The Balaban J connectivity index is 0. The van der Waals surface area contributed by atoms with Gasteiger partial charge in [-0.3, -0.25) is 0 Å². The third-order valence-corrected chi connectivity index (χ3v) is 0.626. The Morgan fingerprint density at radius 3 is 2.20 bits per heavy atom. The highest BCUT2D eigenvalue weighted by molar-refractivity contribution is 5.92. The average Bonchev–Trinajstić information content (AvgIpc) is 2.04. The summed E-state index contributed by atoms with van der Waals surface area (Å²) < 4.78 is 0. The minimum atomic E-state index is 0.836. The van der Waals surface area contributed by atoms with E-state index in [1.54, 1.807) is 12.3 Å². The molecule has 58 valence electrons. The molecule has 0 radical (unpaired) electrons.